The maximum absolute atomic E-state index is 5.73. The molecule has 2 aromatic rings. The molecule has 26 heavy (non-hydrogen) atoms. The van der Waals surface area contributed by atoms with Crippen LogP contribution in [0.2, 0.25) is 0 Å². The maximum atomic E-state index is 5.73. The molecule has 0 amide bonds. The summed E-state index contributed by atoms with van der Waals surface area (Å²) < 4.78 is 10.7. The molecule has 142 valence electrons. The van der Waals surface area contributed by atoms with Crippen LogP contribution in [0.1, 0.15) is 51.0 Å². The number of aromatic nitrogens is 2. The van der Waals surface area contributed by atoms with Crippen molar-refractivity contribution in [2.24, 2.45) is 10.9 Å². The molecular formula is C19H29N5O2. The van der Waals surface area contributed by atoms with Crippen molar-refractivity contribution in [1.29, 1.82) is 0 Å². The molecule has 0 bridgehead atoms. The van der Waals surface area contributed by atoms with Gasteiger partial charge in [-0.25, -0.2) is 4.99 Å². The van der Waals surface area contributed by atoms with Crippen LogP contribution in [0.3, 0.4) is 0 Å². The summed E-state index contributed by atoms with van der Waals surface area (Å²) in [6.45, 7) is 12.0. The molecule has 1 atom stereocenters. The van der Waals surface area contributed by atoms with Crippen LogP contribution in [0.4, 0.5) is 0 Å². The fourth-order valence-electron chi connectivity index (χ4n) is 2.28. The van der Waals surface area contributed by atoms with Crippen LogP contribution >= 0.6 is 0 Å². The van der Waals surface area contributed by atoms with Crippen LogP contribution in [0.5, 0.6) is 5.75 Å². The van der Waals surface area contributed by atoms with E-state index in [4.69, 9.17) is 9.26 Å². The topological polar surface area (TPSA) is 84.6 Å². The van der Waals surface area contributed by atoms with Crippen molar-refractivity contribution in [3.8, 4) is 5.75 Å². The molecule has 2 N–H and O–H groups in total. The summed E-state index contributed by atoms with van der Waals surface area (Å²) >= 11 is 0. The summed E-state index contributed by atoms with van der Waals surface area (Å²) in [6.07, 6.45) is 0. The SMILES string of the molecule is CCNC(=NCc1noc(C)n1)NC(C)c1ccc(OCC(C)C)cc1. The average molecular weight is 359 g/mol. The highest BCUT2D eigenvalue weighted by Gasteiger charge is 2.09. The highest BCUT2D eigenvalue weighted by atomic mass is 16.5. The second-order valence-electron chi connectivity index (χ2n) is 6.56. The van der Waals surface area contributed by atoms with E-state index >= 15 is 0 Å². The Morgan fingerprint density at radius 2 is 1.96 bits per heavy atom. The summed E-state index contributed by atoms with van der Waals surface area (Å²) in [4.78, 5) is 8.68. The molecule has 1 heterocycles. The van der Waals surface area contributed by atoms with Gasteiger partial charge in [-0.15, -0.1) is 0 Å². The zero-order chi connectivity index (χ0) is 18.9. The number of rotatable bonds is 8. The molecule has 7 heteroatoms. The Balaban J connectivity index is 1.96. The fraction of sp³-hybridized carbons (Fsp3) is 0.526. The van der Waals surface area contributed by atoms with E-state index in [0.717, 1.165) is 24.5 Å². The number of hydrogen-bond acceptors (Lipinski definition) is 5. The molecule has 0 aliphatic heterocycles. The summed E-state index contributed by atoms with van der Waals surface area (Å²) in [7, 11) is 0. The Hall–Kier alpha value is -2.57. The Morgan fingerprint density at radius 1 is 1.23 bits per heavy atom. The van der Waals surface area contributed by atoms with E-state index < -0.39 is 0 Å². The fourth-order valence-corrected chi connectivity index (χ4v) is 2.28. The number of benzene rings is 1. The highest BCUT2D eigenvalue weighted by molar-refractivity contribution is 5.80. The smallest absolute Gasteiger partial charge is 0.223 e. The lowest BCUT2D eigenvalue weighted by Gasteiger charge is -2.18. The highest BCUT2D eigenvalue weighted by Crippen LogP contribution is 2.18. The van der Waals surface area contributed by atoms with Crippen LogP contribution < -0.4 is 15.4 Å². The Labute approximate surface area is 155 Å². The Bertz CT molecular complexity index is 694. The molecule has 0 saturated carbocycles. The molecule has 1 unspecified atom stereocenters. The summed E-state index contributed by atoms with van der Waals surface area (Å²) in [5.41, 5.74) is 1.16. The number of nitrogens with zero attached hydrogens (tertiary/aromatic N) is 3. The summed E-state index contributed by atoms with van der Waals surface area (Å²) in [5.74, 6) is 3.22. The third-order valence-corrected chi connectivity index (χ3v) is 3.61. The molecule has 0 spiro atoms. The first-order chi connectivity index (χ1) is 12.5. The molecular weight excluding hydrogens is 330 g/mol. The standard InChI is InChI=1S/C19H29N5O2/c1-6-20-19(21-11-18-23-15(5)26-24-18)22-14(4)16-7-9-17(10-8-16)25-12-13(2)3/h7-10,13-14H,6,11-12H2,1-5H3,(H2,20,21,22). The molecule has 7 nitrogen and oxygen atoms in total. The molecule has 0 radical (unpaired) electrons. The molecule has 1 aromatic heterocycles. The maximum Gasteiger partial charge on any atom is 0.223 e. The van der Waals surface area contributed by atoms with Gasteiger partial charge in [0.05, 0.1) is 12.6 Å². The third kappa shape index (κ3) is 6.38. The third-order valence-electron chi connectivity index (χ3n) is 3.61. The second-order valence-corrected chi connectivity index (χ2v) is 6.56. The number of aliphatic imine (C=N–C) groups is 1. The zero-order valence-corrected chi connectivity index (χ0v) is 16.2. The number of guanidine groups is 1. The van der Waals surface area contributed by atoms with E-state index in [1.165, 1.54) is 0 Å². The lowest BCUT2D eigenvalue weighted by molar-refractivity contribution is 0.271. The van der Waals surface area contributed by atoms with Crippen LogP contribution in [0.25, 0.3) is 0 Å². The van der Waals surface area contributed by atoms with Crippen LogP contribution in [-0.4, -0.2) is 29.3 Å². The van der Waals surface area contributed by atoms with Crippen LogP contribution in [0, 0.1) is 12.8 Å². The molecule has 0 aliphatic rings. The molecule has 0 saturated heterocycles. The molecule has 2 rings (SSSR count). The van der Waals surface area contributed by atoms with Crippen LogP contribution in [0.15, 0.2) is 33.8 Å². The van der Waals surface area contributed by atoms with Gasteiger partial charge in [-0.05, 0) is 37.5 Å². The average Bonchev–Trinajstić information content (AvgIpc) is 3.04. The largest absolute Gasteiger partial charge is 0.493 e. The van der Waals surface area contributed by atoms with E-state index in [9.17, 15) is 0 Å². The first-order valence-electron chi connectivity index (χ1n) is 9.04. The van der Waals surface area contributed by atoms with Gasteiger partial charge in [0, 0.05) is 13.5 Å². The minimum absolute atomic E-state index is 0.0963. The minimum Gasteiger partial charge on any atom is -0.493 e. The second kappa shape index (κ2) is 9.79. The number of aryl methyl sites for hydroxylation is 1. The van der Waals surface area contributed by atoms with Crippen molar-refractivity contribution in [3.63, 3.8) is 0 Å². The van der Waals surface area contributed by atoms with Gasteiger partial charge in [0.2, 0.25) is 5.89 Å². The number of nitrogens with one attached hydrogen (secondary N) is 2. The first kappa shape index (κ1) is 19.8. The Kier molecular flexibility index (Phi) is 7.44. The number of ether oxygens (including phenoxy) is 1. The first-order valence-corrected chi connectivity index (χ1v) is 9.04. The summed E-state index contributed by atoms with van der Waals surface area (Å²) in [5, 5.41) is 10.5. The van der Waals surface area contributed by atoms with Gasteiger partial charge in [-0.1, -0.05) is 31.1 Å². The Morgan fingerprint density at radius 3 is 2.54 bits per heavy atom. The molecule has 1 aromatic carbocycles. The minimum atomic E-state index is 0.0963. The van der Waals surface area contributed by atoms with Crippen molar-refractivity contribution >= 4 is 5.96 Å². The van der Waals surface area contributed by atoms with Gasteiger partial charge in [-0.2, -0.15) is 4.98 Å². The molecule has 0 aliphatic carbocycles. The van der Waals surface area contributed by atoms with Crippen molar-refractivity contribution in [2.75, 3.05) is 13.2 Å². The van der Waals surface area contributed by atoms with Crippen molar-refractivity contribution in [1.82, 2.24) is 20.8 Å². The predicted octanol–water partition coefficient (Wildman–Crippen LogP) is 3.23. The van der Waals surface area contributed by atoms with Gasteiger partial charge in [0.15, 0.2) is 11.8 Å². The predicted molar refractivity (Wildman–Crippen MR) is 102 cm³/mol. The van der Waals surface area contributed by atoms with Gasteiger partial charge < -0.3 is 19.9 Å². The summed E-state index contributed by atoms with van der Waals surface area (Å²) in [6, 6.07) is 8.24. The quantitative estimate of drug-likeness (QED) is 0.556. The van der Waals surface area contributed by atoms with E-state index in [1.807, 2.05) is 19.1 Å². The lowest BCUT2D eigenvalue weighted by Crippen LogP contribution is -2.38. The van der Waals surface area contributed by atoms with E-state index in [-0.39, 0.29) is 6.04 Å². The monoisotopic (exact) mass is 359 g/mol. The zero-order valence-electron chi connectivity index (χ0n) is 16.2. The van der Waals surface area contributed by atoms with Crippen molar-refractivity contribution in [2.45, 2.75) is 47.2 Å². The van der Waals surface area contributed by atoms with Crippen molar-refractivity contribution in [3.05, 3.63) is 41.5 Å². The van der Waals surface area contributed by atoms with Gasteiger partial charge >= 0.3 is 0 Å². The van der Waals surface area contributed by atoms with E-state index in [0.29, 0.717) is 30.1 Å². The normalized spacial score (nSPS) is 12.9. The lowest BCUT2D eigenvalue weighted by atomic mass is 10.1. The van der Waals surface area contributed by atoms with Gasteiger partial charge in [0.25, 0.3) is 0 Å². The van der Waals surface area contributed by atoms with Gasteiger partial charge in [-0.3, -0.25) is 0 Å². The molecule has 0 fully saturated rings. The van der Waals surface area contributed by atoms with E-state index in [2.05, 4.69) is 58.7 Å². The van der Waals surface area contributed by atoms with Crippen LogP contribution in [-0.2, 0) is 6.54 Å². The van der Waals surface area contributed by atoms with E-state index in [1.54, 1.807) is 6.92 Å². The van der Waals surface area contributed by atoms with Gasteiger partial charge in [0.1, 0.15) is 12.3 Å². The number of hydrogen-bond donors (Lipinski definition) is 2. The van der Waals surface area contributed by atoms with Crippen molar-refractivity contribution < 1.29 is 9.26 Å².